The van der Waals surface area contributed by atoms with Crippen molar-refractivity contribution in [3.63, 3.8) is 0 Å². The number of carbonyl (C=O) groups excluding carboxylic acids is 2. The highest BCUT2D eigenvalue weighted by Crippen LogP contribution is 1.93. The highest BCUT2D eigenvalue weighted by atomic mass is 16.5. The number of nitrogens with one attached hydrogen (secondary N) is 1. The Kier molecular flexibility index (Phi) is 4.76. The Morgan fingerprint density at radius 1 is 1.50 bits per heavy atom. The summed E-state index contributed by atoms with van der Waals surface area (Å²) >= 11 is 0. The third kappa shape index (κ3) is 4.49. The lowest BCUT2D eigenvalue weighted by molar-refractivity contribution is -0.115. The van der Waals surface area contributed by atoms with Gasteiger partial charge in [-0.3, -0.25) is 4.79 Å². The van der Waals surface area contributed by atoms with Gasteiger partial charge in [-0.15, -0.1) is 0 Å². The Hall–Kier alpha value is -1.32. The fraction of sp³-hybridized carbons (Fsp3) is 0.500. The number of rotatable bonds is 4. The van der Waals surface area contributed by atoms with Gasteiger partial charge in [0.2, 0.25) is 0 Å². The second-order valence-corrected chi connectivity index (χ2v) is 2.37. The predicted octanol–water partition coefficient (Wildman–Crippen LogP) is 0.878. The molecule has 0 aromatic carbocycles. The molecular weight excluding hydrogens is 158 g/mol. The van der Waals surface area contributed by atoms with Crippen molar-refractivity contribution < 1.29 is 14.3 Å². The topological polar surface area (TPSA) is 55.4 Å². The second kappa shape index (κ2) is 5.35. The molecule has 0 atom stereocenters. The van der Waals surface area contributed by atoms with Gasteiger partial charge in [0.15, 0.2) is 5.78 Å². The number of Topliss-reactive ketones (excluding diaryl/α,β-unsaturated/α-hetero) is 1. The molecule has 1 amide bonds. The Balaban J connectivity index is 3.50. The van der Waals surface area contributed by atoms with E-state index in [4.69, 9.17) is 0 Å². The van der Waals surface area contributed by atoms with Gasteiger partial charge in [0, 0.05) is 13.0 Å². The van der Waals surface area contributed by atoms with Gasteiger partial charge in [-0.25, -0.2) is 4.79 Å². The molecule has 0 aromatic heterocycles. The van der Waals surface area contributed by atoms with Crippen molar-refractivity contribution in [2.75, 3.05) is 13.7 Å². The molecule has 0 bridgehead atoms. The van der Waals surface area contributed by atoms with Crippen molar-refractivity contribution in [1.82, 2.24) is 5.32 Å². The Morgan fingerprint density at radius 3 is 2.50 bits per heavy atom. The maximum absolute atomic E-state index is 10.9. The minimum Gasteiger partial charge on any atom is -0.453 e. The van der Waals surface area contributed by atoms with E-state index in [1.165, 1.54) is 7.11 Å². The standard InChI is InChI=1S/C8H13NO3/c1-6(2)7(10)4-5-9-8(11)12-3/h1,4-5H2,2-3H3,(H,9,11). The van der Waals surface area contributed by atoms with Crippen LogP contribution in [0.3, 0.4) is 0 Å². The first-order chi connectivity index (χ1) is 5.57. The van der Waals surface area contributed by atoms with Crippen LogP contribution in [-0.4, -0.2) is 25.5 Å². The number of hydrogen-bond donors (Lipinski definition) is 1. The van der Waals surface area contributed by atoms with Crippen LogP contribution in [0, 0.1) is 0 Å². The number of carbonyl (C=O) groups is 2. The van der Waals surface area contributed by atoms with Crippen LogP contribution >= 0.6 is 0 Å². The van der Waals surface area contributed by atoms with Crippen LogP contribution in [0.4, 0.5) is 4.79 Å². The molecule has 0 spiro atoms. The Bertz CT molecular complexity index is 198. The summed E-state index contributed by atoms with van der Waals surface area (Å²) in [5.74, 6) is -0.0496. The van der Waals surface area contributed by atoms with E-state index in [0.717, 1.165) is 0 Å². The van der Waals surface area contributed by atoms with Crippen molar-refractivity contribution in [1.29, 1.82) is 0 Å². The summed E-state index contributed by atoms with van der Waals surface area (Å²) in [5.41, 5.74) is 0.502. The monoisotopic (exact) mass is 171 g/mol. The zero-order valence-electron chi connectivity index (χ0n) is 7.35. The van der Waals surface area contributed by atoms with Crippen LogP contribution in [0.5, 0.6) is 0 Å². The van der Waals surface area contributed by atoms with E-state index in [-0.39, 0.29) is 12.2 Å². The van der Waals surface area contributed by atoms with E-state index >= 15 is 0 Å². The minimum atomic E-state index is -0.524. The molecule has 0 aliphatic carbocycles. The smallest absolute Gasteiger partial charge is 0.406 e. The van der Waals surface area contributed by atoms with Crippen LogP contribution < -0.4 is 5.32 Å². The largest absolute Gasteiger partial charge is 0.453 e. The number of alkyl carbamates (subject to hydrolysis) is 1. The number of hydrogen-bond acceptors (Lipinski definition) is 3. The molecule has 0 unspecified atom stereocenters. The van der Waals surface area contributed by atoms with Gasteiger partial charge in [0.25, 0.3) is 0 Å². The molecule has 0 saturated heterocycles. The molecule has 4 heteroatoms. The lowest BCUT2D eigenvalue weighted by atomic mass is 10.2. The second-order valence-electron chi connectivity index (χ2n) is 2.37. The van der Waals surface area contributed by atoms with Crippen molar-refractivity contribution in [2.24, 2.45) is 0 Å². The minimum absolute atomic E-state index is 0.0496. The Morgan fingerprint density at radius 2 is 2.08 bits per heavy atom. The van der Waals surface area contributed by atoms with Gasteiger partial charge >= 0.3 is 6.09 Å². The fourth-order valence-corrected chi connectivity index (χ4v) is 0.564. The molecule has 12 heavy (non-hydrogen) atoms. The van der Waals surface area contributed by atoms with Crippen molar-refractivity contribution in [3.05, 3.63) is 12.2 Å². The number of amides is 1. The summed E-state index contributed by atoms with van der Waals surface area (Å²) < 4.78 is 4.31. The van der Waals surface area contributed by atoms with E-state index in [1.54, 1.807) is 6.92 Å². The Labute approximate surface area is 71.6 Å². The first kappa shape index (κ1) is 10.7. The number of ketones is 1. The van der Waals surface area contributed by atoms with E-state index < -0.39 is 6.09 Å². The van der Waals surface area contributed by atoms with Gasteiger partial charge in [-0.05, 0) is 12.5 Å². The zero-order chi connectivity index (χ0) is 9.56. The molecule has 0 fully saturated rings. The van der Waals surface area contributed by atoms with Crippen LogP contribution in [0.25, 0.3) is 0 Å². The van der Waals surface area contributed by atoms with Crippen LogP contribution in [0.15, 0.2) is 12.2 Å². The summed E-state index contributed by atoms with van der Waals surface area (Å²) in [6.07, 6.45) is -0.255. The lowest BCUT2D eigenvalue weighted by Crippen LogP contribution is -2.25. The first-order valence-electron chi connectivity index (χ1n) is 3.58. The summed E-state index contributed by atoms with van der Waals surface area (Å²) in [6, 6.07) is 0. The van der Waals surface area contributed by atoms with Crippen molar-refractivity contribution in [2.45, 2.75) is 13.3 Å². The summed E-state index contributed by atoms with van der Waals surface area (Å²) in [4.78, 5) is 21.4. The van der Waals surface area contributed by atoms with E-state index in [9.17, 15) is 9.59 Å². The molecule has 0 aliphatic rings. The molecule has 0 heterocycles. The molecule has 0 aromatic rings. The third-order valence-corrected chi connectivity index (χ3v) is 1.28. The van der Waals surface area contributed by atoms with E-state index in [0.29, 0.717) is 12.1 Å². The quantitative estimate of drug-likeness (QED) is 0.639. The van der Waals surface area contributed by atoms with Crippen LogP contribution in [0.1, 0.15) is 13.3 Å². The molecular formula is C8H13NO3. The molecule has 4 nitrogen and oxygen atoms in total. The number of allylic oxidation sites excluding steroid dienone is 1. The van der Waals surface area contributed by atoms with Crippen LogP contribution in [-0.2, 0) is 9.53 Å². The van der Waals surface area contributed by atoms with Crippen LogP contribution in [0.2, 0.25) is 0 Å². The third-order valence-electron chi connectivity index (χ3n) is 1.28. The SMILES string of the molecule is C=C(C)C(=O)CCNC(=O)OC. The average molecular weight is 171 g/mol. The summed E-state index contributed by atoms with van der Waals surface area (Å²) in [5, 5.41) is 2.40. The first-order valence-corrected chi connectivity index (χ1v) is 3.58. The molecule has 0 aliphatic heterocycles. The number of methoxy groups -OCH3 is 1. The van der Waals surface area contributed by atoms with Crippen molar-refractivity contribution in [3.8, 4) is 0 Å². The molecule has 0 saturated carbocycles. The van der Waals surface area contributed by atoms with Gasteiger partial charge in [-0.1, -0.05) is 6.58 Å². The molecule has 0 rings (SSSR count). The average Bonchev–Trinajstić information content (AvgIpc) is 2.03. The van der Waals surface area contributed by atoms with Crippen molar-refractivity contribution >= 4 is 11.9 Å². The fourth-order valence-electron chi connectivity index (χ4n) is 0.564. The summed E-state index contributed by atoms with van der Waals surface area (Å²) in [7, 11) is 1.27. The normalized spacial score (nSPS) is 8.83. The van der Waals surface area contributed by atoms with Gasteiger partial charge in [0.05, 0.1) is 7.11 Å². The summed E-state index contributed by atoms with van der Waals surface area (Å²) in [6.45, 7) is 5.41. The van der Waals surface area contributed by atoms with E-state index in [1.807, 2.05) is 0 Å². The maximum Gasteiger partial charge on any atom is 0.406 e. The van der Waals surface area contributed by atoms with Gasteiger partial charge in [0.1, 0.15) is 0 Å². The molecule has 0 radical (unpaired) electrons. The highest BCUT2D eigenvalue weighted by Gasteiger charge is 2.03. The van der Waals surface area contributed by atoms with E-state index in [2.05, 4.69) is 16.6 Å². The lowest BCUT2D eigenvalue weighted by Gasteiger charge is -2.01. The molecule has 1 N–H and O–H groups in total. The zero-order valence-corrected chi connectivity index (χ0v) is 7.35. The molecule has 68 valence electrons. The van der Waals surface area contributed by atoms with Gasteiger partial charge < -0.3 is 10.1 Å². The van der Waals surface area contributed by atoms with Gasteiger partial charge in [-0.2, -0.15) is 0 Å². The highest BCUT2D eigenvalue weighted by molar-refractivity contribution is 5.94. The number of ether oxygens (including phenoxy) is 1. The maximum atomic E-state index is 10.9. The predicted molar refractivity (Wildman–Crippen MR) is 44.8 cm³/mol.